The molecule has 0 saturated carbocycles. The van der Waals surface area contributed by atoms with Crippen LogP contribution in [0.5, 0.6) is 11.5 Å². The van der Waals surface area contributed by atoms with Crippen molar-refractivity contribution in [1.29, 1.82) is 0 Å². The third-order valence-corrected chi connectivity index (χ3v) is 6.54. The SMILES string of the molecule is COCC(=O)N1CCN(Cc2cccc(OCCn3ccnc3C)c2)C[C@@](O)(COc2ccc(F)c(F)c2)C1. The van der Waals surface area contributed by atoms with E-state index in [-0.39, 0.29) is 38.0 Å². The molecule has 3 aromatic rings. The summed E-state index contributed by atoms with van der Waals surface area (Å²) in [7, 11) is 1.44. The van der Waals surface area contributed by atoms with E-state index in [1.807, 2.05) is 46.9 Å². The molecule has 0 aliphatic carbocycles. The second-order valence-electron chi connectivity index (χ2n) is 9.71. The number of rotatable bonds is 11. The van der Waals surface area contributed by atoms with Crippen molar-refractivity contribution in [2.45, 2.75) is 25.6 Å². The predicted molar refractivity (Wildman–Crippen MR) is 139 cm³/mol. The Morgan fingerprint density at radius 1 is 1.08 bits per heavy atom. The van der Waals surface area contributed by atoms with E-state index < -0.39 is 17.2 Å². The maximum Gasteiger partial charge on any atom is 0.248 e. The number of methoxy groups -OCH3 is 1. The zero-order chi connectivity index (χ0) is 27.8. The first kappa shape index (κ1) is 28.5. The molecule has 2 heterocycles. The molecular weight excluding hydrogens is 510 g/mol. The van der Waals surface area contributed by atoms with E-state index in [0.717, 1.165) is 29.3 Å². The second-order valence-corrected chi connectivity index (χ2v) is 9.71. The molecule has 1 aliphatic heterocycles. The van der Waals surface area contributed by atoms with Crippen LogP contribution in [0.2, 0.25) is 0 Å². The number of hydrogen-bond donors (Lipinski definition) is 1. The largest absolute Gasteiger partial charge is 0.492 e. The van der Waals surface area contributed by atoms with Gasteiger partial charge in [0.05, 0.1) is 13.1 Å². The summed E-state index contributed by atoms with van der Waals surface area (Å²) in [5, 5.41) is 11.6. The zero-order valence-electron chi connectivity index (χ0n) is 22.2. The molecule has 1 aromatic heterocycles. The molecule has 4 rings (SSSR count). The topological polar surface area (TPSA) is 89.3 Å². The quantitative estimate of drug-likeness (QED) is 0.397. The summed E-state index contributed by atoms with van der Waals surface area (Å²) in [4.78, 5) is 20.4. The van der Waals surface area contributed by atoms with Gasteiger partial charge in [0.25, 0.3) is 0 Å². The van der Waals surface area contributed by atoms with Crippen LogP contribution in [0.3, 0.4) is 0 Å². The number of aliphatic hydroxyl groups is 1. The van der Waals surface area contributed by atoms with Crippen LogP contribution in [0.15, 0.2) is 54.9 Å². The first-order valence-electron chi connectivity index (χ1n) is 12.7. The van der Waals surface area contributed by atoms with Crippen molar-refractivity contribution in [2.75, 3.05) is 53.1 Å². The molecule has 1 aliphatic rings. The molecule has 1 atom stereocenters. The average Bonchev–Trinajstić information content (AvgIpc) is 3.23. The van der Waals surface area contributed by atoms with Gasteiger partial charge in [-0.15, -0.1) is 0 Å². The van der Waals surface area contributed by atoms with E-state index in [0.29, 0.717) is 32.8 Å². The van der Waals surface area contributed by atoms with Gasteiger partial charge in [-0.2, -0.15) is 0 Å². The van der Waals surface area contributed by atoms with Crippen LogP contribution >= 0.6 is 0 Å². The van der Waals surface area contributed by atoms with E-state index in [2.05, 4.69) is 4.98 Å². The molecule has 1 saturated heterocycles. The third kappa shape index (κ3) is 7.98. The summed E-state index contributed by atoms with van der Waals surface area (Å²) >= 11 is 0. The van der Waals surface area contributed by atoms with Crippen LogP contribution in [0, 0.1) is 18.6 Å². The lowest BCUT2D eigenvalue weighted by atomic mass is 10.0. The highest BCUT2D eigenvalue weighted by Gasteiger charge is 2.37. The molecule has 0 bridgehead atoms. The standard InChI is InChI=1S/C28H34F2N4O5/c1-21-31-8-9-33(21)12-13-38-23-5-3-4-22(14-23)16-32-10-11-34(27(35)17-37-2)19-28(36,18-32)20-39-24-6-7-25(29)26(30)15-24/h3-9,14-15,36H,10-13,16-20H2,1-2H3/t28-/m0/s1. The summed E-state index contributed by atoms with van der Waals surface area (Å²) in [5.41, 5.74) is -0.492. The van der Waals surface area contributed by atoms with Gasteiger partial charge >= 0.3 is 0 Å². The number of nitrogens with zero attached hydrogens (tertiary/aromatic N) is 4. The summed E-state index contributed by atoms with van der Waals surface area (Å²) < 4.78 is 45.6. The van der Waals surface area contributed by atoms with Gasteiger partial charge in [-0.3, -0.25) is 9.69 Å². The molecule has 2 aromatic carbocycles. The van der Waals surface area contributed by atoms with Gasteiger partial charge in [-0.05, 0) is 36.8 Å². The van der Waals surface area contributed by atoms with Gasteiger partial charge in [0.2, 0.25) is 5.91 Å². The Labute approximate surface area is 226 Å². The number of carbonyl (C=O) groups is 1. The molecule has 1 fully saturated rings. The minimum atomic E-state index is -1.47. The Morgan fingerprint density at radius 3 is 2.64 bits per heavy atom. The average molecular weight is 545 g/mol. The summed E-state index contributed by atoms with van der Waals surface area (Å²) in [5.74, 6) is -0.540. The fourth-order valence-electron chi connectivity index (χ4n) is 4.57. The number of amides is 1. The van der Waals surface area contributed by atoms with Gasteiger partial charge in [0, 0.05) is 51.7 Å². The van der Waals surface area contributed by atoms with Crippen molar-refractivity contribution >= 4 is 5.91 Å². The molecule has 210 valence electrons. The number of halogens is 2. The Kier molecular flexibility index (Phi) is 9.50. The molecule has 1 N–H and O–H groups in total. The Hall–Kier alpha value is -3.54. The van der Waals surface area contributed by atoms with E-state index >= 15 is 0 Å². The predicted octanol–water partition coefficient (Wildman–Crippen LogP) is 2.65. The Bertz CT molecular complexity index is 1260. The van der Waals surface area contributed by atoms with Crippen LogP contribution in [0.4, 0.5) is 8.78 Å². The van der Waals surface area contributed by atoms with Crippen molar-refractivity contribution in [3.63, 3.8) is 0 Å². The smallest absolute Gasteiger partial charge is 0.248 e. The number of imidazole rings is 1. The van der Waals surface area contributed by atoms with Gasteiger partial charge in [-0.25, -0.2) is 13.8 Å². The lowest BCUT2D eigenvalue weighted by Crippen LogP contribution is -2.52. The molecule has 11 heteroatoms. The lowest BCUT2D eigenvalue weighted by Gasteiger charge is -2.33. The normalized spacial score (nSPS) is 18.1. The first-order chi connectivity index (χ1) is 18.7. The highest BCUT2D eigenvalue weighted by atomic mass is 19.2. The van der Waals surface area contributed by atoms with Crippen molar-refractivity contribution in [2.24, 2.45) is 0 Å². The molecule has 0 unspecified atom stereocenters. The van der Waals surface area contributed by atoms with E-state index in [1.165, 1.54) is 18.1 Å². The number of aryl methyl sites for hydroxylation is 1. The fourth-order valence-corrected chi connectivity index (χ4v) is 4.57. The van der Waals surface area contributed by atoms with E-state index in [9.17, 15) is 18.7 Å². The Balaban J connectivity index is 1.42. The highest BCUT2D eigenvalue weighted by molar-refractivity contribution is 5.77. The second kappa shape index (κ2) is 13.0. The van der Waals surface area contributed by atoms with Crippen LogP contribution < -0.4 is 9.47 Å². The minimum Gasteiger partial charge on any atom is -0.492 e. The maximum atomic E-state index is 13.7. The molecule has 1 amide bonds. The number of hydrogen-bond acceptors (Lipinski definition) is 7. The molecule has 9 nitrogen and oxygen atoms in total. The van der Waals surface area contributed by atoms with E-state index in [4.69, 9.17) is 14.2 Å². The summed E-state index contributed by atoms with van der Waals surface area (Å²) in [6.07, 6.45) is 3.66. The number of carbonyl (C=O) groups excluding carboxylic acids is 1. The van der Waals surface area contributed by atoms with Crippen LogP contribution in [-0.4, -0.2) is 89.1 Å². The summed E-state index contributed by atoms with van der Waals surface area (Å²) in [6.45, 7) is 4.36. The zero-order valence-corrected chi connectivity index (χ0v) is 22.2. The molecular formula is C28H34F2N4O5. The fraction of sp³-hybridized carbons (Fsp3) is 0.429. The molecule has 0 radical (unpaired) electrons. The lowest BCUT2D eigenvalue weighted by molar-refractivity contribution is -0.138. The minimum absolute atomic E-state index is 0.00614. The third-order valence-electron chi connectivity index (χ3n) is 6.54. The number of ether oxygens (including phenoxy) is 3. The van der Waals surface area contributed by atoms with Crippen LogP contribution in [0.25, 0.3) is 0 Å². The monoisotopic (exact) mass is 544 g/mol. The van der Waals surface area contributed by atoms with Crippen molar-refractivity contribution in [1.82, 2.24) is 19.4 Å². The number of benzene rings is 2. The highest BCUT2D eigenvalue weighted by Crippen LogP contribution is 2.22. The van der Waals surface area contributed by atoms with Crippen LogP contribution in [-0.2, 0) is 22.6 Å². The molecule has 39 heavy (non-hydrogen) atoms. The van der Waals surface area contributed by atoms with Gasteiger partial charge in [0.1, 0.15) is 42.7 Å². The van der Waals surface area contributed by atoms with Gasteiger partial charge in [0.15, 0.2) is 11.6 Å². The van der Waals surface area contributed by atoms with Crippen LogP contribution in [0.1, 0.15) is 11.4 Å². The van der Waals surface area contributed by atoms with Crippen molar-refractivity contribution in [3.05, 3.63) is 77.9 Å². The Morgan fingerprint density at radius 2 is 1.90 bits per heavy atom. The van der Waals surface area contributed by atoms with Gasteiger partial charge in [-0.1, -0.05) is 12.1 Å². The summed E-state index contributed by atoms with van der Waals surface area (Å²) in [6, 6.07) is 10.9. The van der Waals surface area contributed by atoms with Gasteiger partial charge < -0.3 is 28.8 Å². The number of β-amino-alcohol motifs (C(OH)–C–C–N with tert-alkyl or cyclic N) is 1. The first-order valence-corrected chi connectivity index (χ1v) is 12.7. The molecule has 0 spiro atoms. The van der Waals surface area contributed by atoms with Crippen molar-refractivity contribution in [3.8, 4) is 11.5 Å². The maximum absolute atomic E-state index is 13.7. The number of aromatic nitrogens is 2. The van der Waals surface area contributed by atoms with Crippen molar-refractivity contribution < 1.29 is 32.9 Å². The van der Waals surface area contributed by atoms with E-state index in [1.54, 1.807) is 6.20 Å².